The van der Waals surface area contributed by atoms with E-state index < -0.39 is 5.03 Å². The molecule has 1 aromatic heterocycles. The zero-order chi connectivity index (χ0) is 18.2. The van der Waals surface area contributed by atoms with E-state index in [1.807, 2.05) is 11.0 Å². The van der Waals surface area contributed by atoms with Gasteiger partial charge in [-0.1, -0.05) is 23.6 Å². The van der Waals surface area contributed by atoms with Crippen LogP contribution >= 0.6 is 11.6 Å². The molecule has 0 atom stereocenters. The molecule has 0 saturated carbocycles. The van der Waals surface area contributed by atoms with Crippen molar-refractivity contribution >= 4 is 17.6 Å². The van der Waals surface area contributed by atoms with Gasteiger partial charge in [-0.25, -0.2) is 15.1 Å². The molecule has 0 N–H and O–H groups in total. The summed E-state index contributed by atoms with van der Waals surface area (Å²) in [5.74, 6) is 2.89. The Balaban J connectivity index is 2.00. The van der Waals surface area contributed by atoms with Crippen molar-refractivity contribution in [1.29, 1.82) is 0 Å². The number of rotatable bonds is 7. The highest BCUT2D eigenvalue weighted by Crippen LogP contribution is 2.10. The first-order chi connectivity index (χ1) is 12.0. The molecule has 1 aliphatic rings. The van der Waals surface area contributed by atoms with Crippen molar-refractivity contribution in [2.24, 2.45) is 5.10 Å². The lowest BCUT2D eigenvalue weighted by Gasteiger charge is -2.35. The van der Waals surface area contributed by atoms with Gasteiger partial charge in [0.2, 0.25) is 0 Å². The van der Waals surface area contributed by atoms with Gasteiger partial charge in [-0.15, -0.1) is 6.42 Å². The molecule has 134 valence electrons. The maximum Gasteiger partial charge on any atom is 0.277 e. The highest BCUT2D eigenvalue weighted by atomic mass is 35.5. The third kappa shape index (κ3) is 5.86. The number of aromatic nitrogens is 1. The molecule has 0 unspecified atom stereocenters. The van der Waals surface area contributed by atoms with Gasteiger partial charge in [-0.3, -0.25) is 4.90 Å². The lowest BCUT2D eigenvalue weighted by atomic mass is 10.2. The second kappa shape index (κ2) is 9.17. The van der Waals surface area contributed by atoms with Crippen LogP contribution in [0.2, 0.25) is 5.15 Å². The molecule has 9 nitrogen and oxygen atoms in total. The Labute approximate surface area is 151 Å². The molecule has 1 saturated heterocycles. The summed E-state index contributed by atoms with van der Waals surface area (Å²) in [5, 5.41) is 13.9. The monoisotopic (exact) mass is 366 g/mol. The van der Waals surface area contributed by atoms with Crippen molar-refractivity contribution < 1.29 is 9.77 Å². The summed E-state index contributed by atoms with van der Waals surface area (Å²) < 4.78 is 5.39. The number of halogens is 1. The van der Waals surface area contributed by atoms with Crippen LogP contribution in [0.15, 0.2) is 23.4 Å². The molecule has 1 aromatic rings. The van der Waals surface area contributed by atoms with Crippen molar-refractivity contribution in [2.45, 2.75) is 6.54 Å². The van der Waals surface area contributed by atoms with Gasteiger partial charge in [0.15, 0.2) is 5.03 Å². The van der Waals surface area contributed by atoms with E-state index in [9.17, 15) is 10.1 Å². The van der Waals surface area contributed by atoms with E-state index in [2.05, 4.69) is 16.0 Å². The maximum absolute atomic E-state index is 10.7. The fourth-order valence-corrected chi connectivity index (χ4v) is 2.50. The first-order valence-electron chi connectivity index (χ1n) is 7.52. The lowest BCUT2D eigenvalue weighted by molar-refractivity contribution is -0.486. The molecule has 0 aliphatic carbocycles. The maximum atomic E-state index is 10.7. The van der Waals surface area contributed by atoms with Crippen LogP contribution in [-0.4, -0.2) is 70.8 Å². The largest absolute Gasteiger partial charge is 0.341 e. The second-order valence-corrected chi connectivity index (χ2v) is 5.85. The predicted octanol–water partition coefficient (Wildman–Crippen LogP) is 0.897. The van der Waals surface area contributed by atoms with Crippen LogP contribution in [0.3, 0.4) is 0 Å². The molecule has 0 radical (unpaired) electrons. The fourth-order valence-electron chi connectivity index (χ4n) is 2.39. The Morgan fingerprint density at radius 3 is 3.00 bits per heavy atom. The average molecular weight is 367 g/mol. The summed E-state index contributed by atoms with van der Waals surface area (Å²) in [4.78, 5) is 20.1. The van der Waals surface area contributed by atoms with Crippen molar-refractivity contribution in [3.05, 3.63) is 39.2 Å². The Kier molecular flexibility index (Phi) is 6.94. The normalized spacial score (nSPS) is 16.3. The second-order valence-electron chi connectivity index (χ2n) is 5.47. The molecule has 0 spiro atoms. The van der Waals surface area contributed by atoms with Gasteiger partial charge in [-0.2, -0.15) is 0 Å². The first kappa shape index (κ1) is 18.9. The molecule has 2 rings (SSSR count). The molecular weight excluding hydrogens is 348 g/mol. The zero-order valence-electron chi connectivity index (χ0n) is 13.8. The quantitative estimate of drug-likeness (QED) is 0.306. The van der Waals surface area contributed by atoms with Gasteiger partial charge in [0, 0.05) is 32.9 Å². The summed E-state index contributed by atoms with van der Waals surface area (Å²) >= 11 is 5.79. The number of hydrogen-bond donors (Lipinski definition) is 0. The third-order valence-corrected chi connectivity index (χ3v) is 3.75. The number of nitrogens with zero attached hydrogens (tertiary/aromatic N) is 6. The molecule has 0 amide bonds. The minimum Gasteiger partial charge on any atom is -0.341 e. The molecule has 0 aromatic carbocycles. The van der Waals surface area contributed by atoms with E-state index in [4.69, 9.17) is 22.8 Å². The lowest BCUT2D eigenvalue weighted by Crippen LogP contribution is -2.52. The Hall–Kier alpha value is -2.41. The zero-order valence-corrected chi connectivity index (χ0v) is 14.6. The highest BCUT2D eigenvalue weighted by molar-refractivity contribution is 6.29. The number of nitro groups is 1. The molecule has 25 heavy (non-hydrogen) atoms. The van der Waals surface area contributed by atoms with Crippen LogP contribution in [0.1, 0.15) is 5.56 Å². The van der Waals surface area contributed by atoms with E-state index in [1.54, 1.807) is 29.1 Å². The number of hydrogen-bond acceptors (Lipinski definition) is 5. The van der Waals surface area contributed by atoms with E-state index >= 15 is 0 Å². The average Bonchev–Trinajstić information content (AvgIpc) is 2.57. The first-order valence-corrected chi connectivity index (χ1v) is 7.90. The summed E-state index contributed by atoms with van der Waals surface area (Å²) in [6.07, 6.45) is 7.14. The number of guanidine groups is 1. The van der Waals surface area contributed by atoms with Crippen LogP contribution in [0, 0.1) is 22.5 Å². The number of terminal acetylenes is 1. The van der Waals surface area contributed by atoms with Crippen LogP contribution in [-0.2, 0) is 11.3 Å². The summed E-state index contributed by atoms with van der Waals surface area (Å²) in [5.41, 5.74) is 0.978. The molecule has 1 fully saturated rings. The summed E-state index contributed by atoms with van der Waals surface area (Å²) in [6, 6.07) is 3.61. The predicted molar refractivity (Wildman–Crippen MR) is 93.1 cm³/mol. The molecular formula is C15H19ClN6O3. The number of hydrazone groups is 1. The van der Waals surface area contributed by atoms with E-state index in [0.717, 1.165) is 5.56 Å². The SMILES string of the molecule is C#CCN(CCN1COCN(C)/C1=N\[N+](=O)[O-])Cc1ccc(Cl)nc1. The van der Waals surface area contributed by atoms with Gasteiger partial charge >= 0.3 is 0 Å². The number of pyridine rings is 1. The minimum atomic E-state index is -0.706. The van der Waals surface area contributed by atoms with Gasteiger partial charge in [0.05, 0.1) is 6.54 Å². The van der Waals surface area contributed by atoms with Crippen LogP contribution < -0.4 is 0 Å². The molecule has 1 aliphatic heterocycles. The van der Waals surface area contributed by atoms with Crippen molar-refractivity contribution in [2.75, 3.05) is 40.1 Å². The smallest absolute Gasteiger partial charge is 0.277 e. The summed E-state index contributed by atoms with van der Waals surface area (Å²) in [7, 11) is 1.69. The molecule has 10 heteroatoms. The van der Waals surface area contributed by atoms with Crippen molar-refractivity contribution in [3.8, 4) is 12.3 Å². The topological polar surface area (TPSA) is 87.3 Å². The fraction of sp³-hybridized carbons (Fsp3) is 0.467. The van der Waals surface area contributed by atoms with Gasteiger partial charge in [0.25, 0.3) is 5.96 Å². The van der Waals surface area contributed by atoms with Crippen molar-refractivity contribution in [1.82, 2.24) is 19.7 Å². The van der Waals surface area contributed by atoms with Crippen LogP contribution in [0.5, 0.6) is 0 Å². The number of ether oxygens (including phenoxy) is 1. The van der Waals surface area contributed by atoms with Gasteiger partial charge in [-0.05, 0) is 11.6 Å². The van der Waals surface area contributed by atoms with Gasteiger partial charge < -0.3 is 14.5 Å². The van der Waals surface area contributed by atoms with Gasteiger partial charge in [0.1, 0.15) is 23.7 Å². The highest BCUT2D eigenvalue weighted by Gasteiger charge is 2.25. The Bertz CT molecular complexity index is 660. The van der Waals surface area contributed by atoms with E-state index in [-0.39, 0.29) is 19.4 Å². The van der Waals surface area contributed by atoms with E-state index in [1.165, 1.54) is 0 Å². The van der Waals surface area contributed by atoms with E-state index in [0.29, 0.717) is 31.3 Å². The third-order valence-electron chi connectivity index (χ3n) is 3.52. The minimum absolute atomic E-state index is 0.239. The Morgan fingerprint density at radius 1 is 1.56 bits per heavy atom. The molecule has 0 bridgehead atoms. The summed E-state index contributed by atoms with van der Waals surface area (Å²) in [6.45, 7) is 2.60. The van der Waals surface area contributed by atoms with Crippen LogP contribution in [0.25, 0.3) is 0 Å². The van der Waals surface area contributed by atoms with Crippen LogP contribution in [0.4, 0.5) is 0 Å². The van der Waals surface area contributed by atoms with Crippen molar-refractivity contribution in [3.63, 3.8) is 0 Å². The molecule has 2 heterocycles. The Morgan fingerprint density at radius 2 is 2.36 bits per heavy atom. The standard InChI is InChI=1S/C15H19ClN6O3/c1-3-6-20(10-13-4-5-14(16)17-9-13)7-8-21-12-25-11-19(2)15(21)18-22(23)24/h1,4-5,9H,6-8,10-12H2,2H3/b18-15+.